The van der Waals surface area contributed by atoms with Crippen LogP contribution >= 0.6 is 0 Å². The quantitative estimate of drug-likeness (QED) is 0.312. The van der Waals surface area contributed by atoms with E-state index in [1.54, 1.807) is 0 Å². The molecule has 0 aromatic heterocycles. The summed E-state index contributed by atoms with van der Waals surface area (Å²) in [6, 6.07) is 20.2. The van der Waals surface area contributed by atoms with Crippen LogP contribution in [0.4, 0.5) is 11.4 Å². The Hall–Kier alpha value is -6.26. The monoisotopic (exact) mass is 519 g/mol. The predicted octanol–water partition coefficient (Wildman–Crippen LogP) is 3.89. The lowest BCUT2D eigenvalue weighted by Gasteiger charge is -2.36. The maximum Gasteiger partial charge on any atom is 0.265 e. The highest BCUT2D eigenvalue weighted by Crippen LogP contribution is 2.43. The first kappa shape index (κ1) is 24.1. The van der Waals surface area contributed by atoms with Gasteiger partial charge in [-0.3, -0.25) is 19.3 Å². The van der Waals surface area contributed by atoms with E-state index in [9.17, 15) is 35.3 Å². The summed E-state index contributed by atoms with van der Waals surface area (Å²) in [6.45, 7) is 0. The SMILES string of the molecule is C#Cc1ccc(N2C(=O)c3ccc4c5c(ccc(c35)C2O)C(=O)N(c2ccc(C#N)c(C#N)c2)C4=O)cc1C#N. The molecule has 0 radical (unpaired) electrons. The Morgan fingerprint density at radius 1 is 0.650 bits per heavy atom. The average molecular weight is 519 g/mol. The van der Waals surface area contributed by atoms with Crippen molar-refractivity contribution in [3.05, 3.63) is 105 Å². The summed E-state index contributed by atoms with van der Waals surface area (Å²) >= 11 is 0. The van der Waals surface area contributed by atoms with Crippen molar-refractivity contribution in [3.8, 4) is 30.6 Å². The molecular formula is C31H13N5O4. The predicted molar refractivity (Wildman–Crippen MR) is 142 cm³/mol. The van der Waals surface area contributed by atoms with E-state index in [-0.39, 0.29) is 55.5 Å². The van der Waals surface area contributed by atoms with E-state index in [0.717, 1.165) is 9.80 Å². The van der Waals surface area contributed by atoms with Gasteiger partial charge in [0, 0.05) is 44.3 Å². The summed E-state index contributed by atoms with van der Waals surface area (Å²) in [5, 5.41) is 40.0. The molecule has 40 heavy (non-hydrogen) atoms. The number of nitrogens with zero attached hydrogens (tertiary/aromatic N) is 5. The molecular weight excluding hydrogens is 506 g/mol. The van der Waals surface area contributed by atoms with Crippen LogP contribution in [0.2, 0.25) is 0 Å². The van der Waals surface area contributed by atoms with Crippen molar-refractivity contribution in [1.82, 2.24) is 0 Å². The summed E-state index contributed by atoms with van der Waals surface area (Å²) < 4.78 is 0. The normalized spacial score (nSPS) is 15.3. The molecule has 0 bridgehead atoms. The number of rotatable bonds is 2. The molecule has 0 aliphatic carbocycles. The Morgan fingerprint density at radius 2 is 1.18 bits per heavy atom. The van der Waals surface area contributed by atoms with Crippen molar-refractivity contribution in [2.75, 3.05) is 9.80 Å². The lowest BCUT2D eigenvalue weighted by atomic mass is 9.85. The van der Waals surface area contributed by atoms with E-state index in [1.165, 1.54) is 60.7 Å². The van der Waals surface area contributed by atoms with Crippen LogP contribution in [0.1, 0.15) is 65.1 Å². The van der Waals surface area contributed by atoms with Crippen LogP contribution in [-0.2, 0) is 0 Å². The number of nitriles is 3. The van der Waals surface area contributed by atoms with Crippen molar-refractivity contribution in [3.63, 3.8) is 0 Å². The third-order valence-corrected chi connectivity index (χ3v) is 7.09. The minimum absolute atomic E-state index is 0.0142. The highest BCUT2D eigenvalue weighted by Gasteiger charge is 2.40. The molecule has 9 nitrogen and oxygen atoms in total. The molecule has 1 atom stereocenters. The van der Waals surface area contributed by atoms with E-state index in [2.05, 4.69) is 5.92 Å². The number of aliphatic hydroxyl groups excluding tert-OH is 1. The zero-order valence-electron chi connectivity index (χ0n) is 20.3. The Balaban J connectivity index is 1.51. The van der Waals surface area contributed by atoms with Crippen LogP contribution in [0.3, 0.4) is 0 Å². The van der Waals surface area contributed by atoms with Crippen LogP contribution in [0.5, 0.6) is 0 Å². The number of hydrogen-bond acceptors (Lipinski definition) is 7. The molecule has 2 aliphatic heterocycles. The Kier molecular flexibility index (Phi) is 5.21. The number of terminal acetylenes is 1. The van der Waals surface area contributed by atoms with Crippen LogP contribution in [0, 0.1) is 46.3 Å². The van der Waals surface area contributed by atoms with Gasteiger partial charge in [-0.05, 0) is 54.6 Å². The summed E-state index contributed by atoms with van der Waals surface area (Å²) in [4.78, 5) is 43.0. The second kappa shape index (κ2) is 8.65. The fourth-order valence-electron chi connectivity index (χ4n) is 5.24. The van der Waals surface area contributed by atoms with Crippen LogP contribution < -0.4 is 9.80 Å². The molecule has 0 spiro atoms. The number of anilines is 2. The minimum atomic E-state index is -1.48. The lowest BCUT2D eigenvalue weighted by molar-refractivity contribution is 0.0866. The molecule has 1 unspecified atom stereocenters. The van der Waals surface area contributed by atoms with Crippen molar-refractivity contribution in [2.45, 2.75) is 6.23 Å². The molecule has 9 heteroatoms. The van der Waals surface area contributed by atoms with E-state index >= 15 is 0 Å². The van der Waals surface area contributed by atoms with Gasteiger partial charge in [0.05, 0.1) is 22.4 Å². The molecule has 3 amide bonds. The fraction of sp³-hybridized carbons (Fsp3) is 0.0323. The second-order valence-electron chi connectivity index (χ2n) is 9.05. The van der Waals surface area contributed by atoms with Gasteiger partial charge in [-0.15, -0.1) is 6.42 Å². The van der Waals surface area contributed by atoms with Crippen molar-refractivity contribution >= 4 is 39.9 Å². The van der Waals surface area contributed by atoms with Gasteiger partial charge in [0.25, 0.3) is 17.7 Å². The number of imide groups is 1. The first-order valence-corrected chi connectivity index (χ1v) is 11.8. The third-order valence-electron chi connectivity index (χ3n) is 7.09. The van der Waals surface area contributed by atoms with Gasteiger partial charge in [0.2, 0.25) is 0 Å². The van der Waals surface area contributed by atoms with Gasteiger partial charge >= 0.3 is 0 Å². The van der Waals surface area contributed by atoms with E-state index < -0.39 is 23.9 Å². The standard InChI is InChI=1S/C31H13N5O4/c1-2-16-3-5-20(11-18(16)14-33)35-28(37)22-7-9-24-27-25(10-8-23(26(22)27)29(35)38)31(40)36(30(24)39)21-6-4-17(13-32)19(12-21)15-34/h1,3-12,28,37H. The topological polar surface area (TPSA) is 149 Å². The van der Waals surface area contributed by atoms with Gasteiger partial charge in [-0.1, -0.05) is 12.0 Å². The summed E-state index contributed by atoms with van der Waals surface area (Å²) in [6.07, 6.45) is 3.97. The van der Waals surface area contributed by atoms with Gasteiger partial charge in [0.1, 0.15) is 18.2 Å². The molecule has 0 saturated heterocycles. The molecule has 186 valence electrons. The Bertz CT molecular complexity index is 2030. The zero-order valence-corrected chi connectivity index (χ0v) is 20.3. The van der Waals surface area contributed by atoms with Crippen molar-refractivity contribution < 1.29 is 19.5 Å². The summed E-state index contributed by atoms with van der Waals surface area (Å²) in [5.74, 6) is 0.460. The molecule has 0 fully saturated rings. The minimum Gasteiger partial charge on any atom is -0.369 e. The van der Waals surface area contributed by atoms with Crippen LogP contribution in [0.15, 0.2) is 60.7 Å². The molecule has 4 aromatic rings. The number of aliphatic hydroxyl groups is 1. The molecule has 2 heterocycles. The molecule has 2 aliphatic rings. The Labute approximate surface area is 226 Å². The van der Waals surface area contributed by atoms with E-state index in [1.807, 2.05) is 18.2 Å². The first-order chi connectivity index (χ1) is 19.3. The summed E-state index contributed by atoms with van der Waals surface area (Å²) in [7, 11) is 0. The van der Waals surface area contributed by atoms with Gasteiger partial charge in [-0.25, -0.2) is 4.90 Å². The number of carbonyl (C=O) groups excluding carboxylic acids is 3. The largest absolute Gasteiger partial charge is 0.369 e. The number of benzene rings is 4. The van der Waals surface area contributed by atoms with Crippen molar-refractivity contribution in [1.29, 1.82) is 15.8 Å². The molecule has 1 N–H and O–H groups in total. The lowest BCUT2D eigenvalue weighted by Crippen LogP contribution is -2.42. The van der Waals surface area contributed by atoms with Gasteiger partial charge in [-0.2, -0.15) is 15.8 Å². The Morgan fingerprint density at radius 3 is 1.80 bits per heavy atom. The van der Waals surface area contributed by atoms with Gasteiger partial charge < -0.3 is 5.11 Å². The highest BCUT2D eigenvalue weighted by atomic mass is 16.3. The first-order valence-electron chi connectivity index (χ1n) is 11.8. The van der Waals surface area contributed by atoms with Crippen molar-refractivity contribution in [2.24, 2.45) is 0 Å². The number of amides is 3. The average Bonchev–Trinajstić information content (AvgIpc) is 2.98. The van der Waals surface area contributed by atoms with Crippen LogP contribution in [0.25, 0.3) is 10.8 Å². The number of hydrogen-bond donors (Lipinski definition) is 1. The third kappa shape index (κ3) is 3.14. The molecule has 6 rings (SSSR count). The zero-order chi connectivity index (χ0) is 28.3. The van der Waals surface area contributed by atoms with Gasteiger partial charge in [0.15, 0.2) is 6.23 Å². The fourth-order valence-corrected chi connectivity index (χ4v) is 5.24. The second-order valence-corrected chi connectivity index (χ2v) is 9.05. The van der Waals surface area contributed by atoms with Crippen LogP contribution in [-0.4, -0.2) is 22.8 Å². The molecule has 4 aromatic carbocycles. The summed E-state index contributed by atoms with van der Waals surface area (Å²) in [5.41, 5.74) is 1.73. The maximum atomic E-state index is 13.7. The smallest absolute Gasteiger partial charge is 0.265 e. The maximum absolute atomic E-state index is 13.7. The number of carbonyl (C=O) groups is 3. The molecule has 0 saturated carbocycles. The van der Waals surface area contributed by atoms with E-state index in [0.29, 0.717) is 11.1 Å². The highest BCUT2D eigenvalue weighted by molar-refractivity contribution is 6.37. The van der Waals surface area contributed by atoms with E-state index in [4.69, 9.17) is 6.42 Å².